The molecule has 0 aromatic heterocycles. The van der Waals surface area contributed by atoms with Crippen molar-refractivity contribution in [2.75, 3.05) is 20.1 Å². The van der Waals surface area contributed by atoms with Gasteiger partial charge in [0.25, 0.3) is 0 Å². The number of nitrogens with two attached hydrogens (primary N) is 1. The molecular weight excluding hydrogens is 196 g/mol. The molecule has 0 aliphatic rings. The van der Waals surface area contributed by atoms with E-state index in [1.54, 1.807) is 0 Å². The van der Waals surface area contributed by atoms with Crippen LogP contribution in [-0.2, 0) is 6.42 Å². The minimum absolute atomic E-state index is 0.107. The smallest absolute Gasteiger partial charge is 0.0366 e. The van der Waals surface area contributed by atoms with Crippen LogP contribution in [0.5, 0.6) is 0 Å². The molecule has 0 saturated carbocycles. The van der Waals surface area contributed by atoms with E-state index in [-0.39, 0.29) is 5.54 Å². The predicted molar refractivity (Wildman–Crippen MR) is 70.5 cm³/mol. The second-order valence-corrected chi connectivity index (χ2v) is 4.46. The van der Waals surface area contributed by atoms with Crippen molar-refractivity contribution < 1.29 is 0 Å². The van der Waals surface area contributed by atoms with Crippen LogP contribution in [0.25, 0.3) is 0 Å². The molecule has 2 heteroatoms. The molecule has 0 saturated heterocycles. The standard InChI is InChI=1S/C14H24N2/c1-4-14(12-15,16(3)5-2)11-13-9-7-6-8-10-13/h6-10H,4-5,11-12,15H2,1-3H3. The van der Waals surface area contributed by atoms with Gasteiger partial charge in [0.2, 0.25) is 0 Å². The highest BCUT2D eigenvalue weighted by atomic mass is 15.2. The van der Waals surface area contributed by atoms with Crippen LogP contribution in [0.2, 0.25) is 0 Å². The molecule has 1 rings (SSSR count). The molecular formula is C14H24N2. The summed E-state index contributed by atoms with van der Waals surface area (Å²) in [7, 11) is 2.17. The molecule has 16 heavy (non-hydrogen) atoms. The number of rotatable bonds is 6. The molecule has 2 N–H and O–H groups in total. The predicted octanol–water partition coefficient (Wildman–Crippen LogP) is 2.29. The van der Waals surface area contributed by atoms with Crippen molar-refractivity contribution in [3.05, 3.63) is 35.9 Å². The molecule has 0 fully saturated rings. The zero-order valence-corrected chi connectivity index (χ0v) is 10.7. The summed E-state index contributed by atoms with van der Waals surface area (Å²) < 4.78 is 0. The molecule has 1 aromatic carbocycles. The normalized spacial score (nSPS) is 15.1. The summed E-state index contributed by atoms with van der Waals surface area (Å²) in [6, 6.07) is 10.6. The van der Waals surface area contributed by atoms with Crippen LogP contribution >= 0.6 is 0 Å². The highest BCUT2D eigenvalue weighted by molar-refractivity contribution is 5.18. The van der Waals surface area contributed by atoms with Crippen molar-refractivity contribution >= 4 is 0 Å². The molecule has 1 unspecified atom stereocenters. The Bertz CT molecular complexity index is 291. The molecule has 90 valence electrons. The van der Waals surface area contributed by atoms with E-state index in [0.717, 1.165) is 19.4 Å². The van der Waals surface area contributed by atoms with Crippen molar-refractivity contribution in [2.45, 2.75) is 32.2 Å². The molecule has 0 aliphatic carbocycles. The zero-order valence-electron chi connectivity index (χ0n) is 10.7. The highest BCUT2D eigenvalue weighted by Gasteiger charge is 2.30. The van der Waals surface area contributed by atoms with E-state index < -0.39 is 0 Å². The Morgan fingerprint density at radius 1 is 1.19 bits per heavy atom. The largest absolute Gasteiger partial charge is 0.329 e. The molecule has 2 nitrogen and oxygen atoms in total. The van der Waals surface area contributed by atoms with Gasteiger partial charge in [-0.05, 0) is 32.0 Å². The lowest BCUT2D eigenvalue weighted by atomic mass is 9.86. The number of hydrogen-bond donors (Lipinski definition) is 1. The summed E-state index contributed by atoms with van der Waals surface area (Å²) in [6.45, 7) is 6.16. The number of likely N-dealkylation sites (N-methyl/N-ethyl adjacent to an activating group) is 1. The van der Waals surface area contributed by atoms with Crippen molar-refractivity contribution in [1.29, 1.82) is 0 Å². The Kier molecular flexibility index (Phi) is 4.97. The number of hydrogen-bond acceptors (Lipinski definition) is 2. The first-order chi connectivity index (χ1) is 7.68. The molecule has 0 spiro atoms. The topological polar surface area (TPSA) is 29.3 Å². The van der Waals surface area contributed by atoms with Crippen LogP contribution in [0.1, 0.15) is 25.8 Å². The van der Waals surface area contributed by atoms with Crippen LogP contribution in [0, 0.1) is 0 Å². The van der Waals surface area contributed by atoms with E-state index in [4.69, 9.17) is 5.73 Å². The van der Waals surface area contributed by atoms with Gasteiger partial charge in [0.1, 0.15) is 0 Å². The maximum absolute atomic E-state index is 6.00. The van der Waals surface area contributed by atoms with Gasteiger partial charge in [-0.15, -0.1) is 0 Å². The van der Waals surface area contributed by atoms with Crippen molar-refractivity contribution in [2.24, 2.45) is 5.73 Å². The van der Waals surface area contributed by atoms with Gasteiger partial charge in [0.05, 0.1) is 0 Å². The summed E-state index contributed by atoms with van der Waals surface area (Å²) in [5.41, 5.74) is 7.48. The van der Waals surface area contributed by atoms with Gasteiger partial charge in [-0.2, -0.15) is 0 Å². The van der Waals surface area contributed by atoms with Gasteiger partial charge < -0.3 is 5.73 Å². The van der Waals surface area contributed by atoms with Crippen molar-refractivity contribution in [3.63, 3.8) is 0 Å². The second kappa shape index (κ2) is 6.02. The van der Waals surface area contributed by atoms with Gasteiger partial charge in [-0.25, -0.2) is 0 Å². The van der Waals surface area contributed by atoms with Gasteiger partial charge in [0, 0.05) is 12.1 Å². The van der Waals surface area contributed by atoms with E-state index in [1.807, 2.05) is 0 Å². The molecule has 1 atom stereocenters. The Balaban J connectivity index is 2.86. The van der Waals surface area contributed by atoms with E-state index >= 15 is 0 Å². The summed E-state index contributed by atoms with van der Waals surface area (Å²) >= 11 is 0. The third-order valence-corrected chi connectivity index (χ3v) is 3.70. The van der Waals surface area contributed by atoms with Crippen LogP contribution in [0.15, 0.2) is 30.3 Å². The molecule has 0 aliphatic heterocycles. The fraction of sp³-hybridized carbons (Fsp3) is 0.571. The highest BCUT2D eigenvalue weighted by Crippen LogP contribution is 2.22. The first-order valence-electron chi connectivity index (χ1n) is 6.13. The fourth-order valence-corrected chi connectivity index (χ4v) is 2.21. The molecule has 1 aromatic rings. The lowest BCUT2D eigenvalue weighted by Crippen LogP contribution is -2.53. The molecule has 0 heterocycles. The third kappa shape index (κ3) is 2.83. The van der Waals surface area contributed by atoms with Gasteiger partial charge >= 0.3 is 0 Å². The Hall–Kier alpha value is -0.860. The second-order valence-electron chi connectivity index (χ2n) is 4.46. The SMILES string of the molecule is CCN(C)C(CC)(CN)Cc1ccccc1. The van der Waals surface area contributed by atoms with Crippen LogP contribution in [0.4, 0.5) is 0 Å². The van der Waals surface area contributed by atoms with E-state index in [1.165, 1.54) is 5.56 Å². The lowest BCUT2D eigenvalue weighted by molar-refractivity contribution is 0.127. The quantitative estimate of drug-likeness (QED) is 0.797. The van der Waals surface area contributed by atoms with E-state index in [9.17, 15) is 0 Å². The zero-order chi connectivity index (χ0) is 12.0. The van der Waals surface area contributed by atoms with Crippen LogP contribution < -0.4 is 5.73 Å². The number of benzene rings is 1. The van der Waals surface area contributed by atoms with Gasteiger partial charge in [-0.3, -0.25) is 4.90 Å². The summed E-state index contributed by atoms with van der Waals surface area (Å²) in [5, 5.41) is 0. The fourth-order valence-electron chi connectivity index (χ4n) is 2.21. The molecule has 0 bridgehead atoms. The maximum Gasteiger partial charge on any atom is 0.0366 e. The van der Waals surface area contributed by atoms with Crippen molar-refractivity contribution in [3.8, 4) is 0 Å². The summed E-state index contributed by atoms with van der Waals surface area (Å²) in [6.07, 6.45) is 2.12. The van der Waals surface area contributed by atoms with E-state index in [0.29, 0.717) is 6.54 Å². The molecule has 0 radical (unpaired) electrons. The molecule has 0 amide bonds. The first-order valence-corrected chi connectivity index (χ1v) is 6.13. The lowest BCUT2D eigenvalue weighted by Gasteiger charge is -2.40. The average Bonchev–Trinajstić information content (AvgIpc) is 2.36. The average molecular weight is 220 g/mol. The van der Waals surface area contributed by atoms with Crippen LogP contribution in [0.3, 0.4) is 0 Å². The minimum Gasteiger partial charge on any atom is -0.329 e. The third-order valence-electron chi connectivity index (χ3n) is 3.70. The summed E-state index contributed by atoms with van der Waals surface area (Å²) in [5.74, 6) is 0. The van der Waals surface area contributed by atoms with E-state index in [2.05, 4.69) is 56.1 Å². The van der Waals surface area contributed by atoms with Crippen molar-refractivity contribution in [1.82, 2.24) is 4.90 Å². The number of nitrogens with zero attached hydrogens (tertiary/aromatic N) is 1. The minimum atomic E-state index is 0.107. The Morgan fingerprint density at radius 3 is 2.25 bits per heavy atom. The van der Waals surface area contributed by atoms with Crippen LogP contribution in [-0.4, -0.2) is 30.6 Å². The van der Waals surface area contributed by atoms with Gasteiger partial charge in [-0.1, -0.05) is 44.2 Å². The maximum atomic E-state index is 6.00. The first kappa shape index (κ1) is 13.2. The summed E-state index contributed by atoms with van der Waals surface area (Å²) in [4.78, 5) is 2.38. The monoisotopic (exact) mass is 220 g/mol. The Morgan fingerprint density at radius 2 is 1.81 bits per heavy atom. The Labute approximate surface area is 99.5 Å². The van der Waals surface area contributed by atoms with Gasteiger partial charge in [0.15, 0.2) is 0 Å².